The monoisotopic (exact) mass is 754 g/mol. The molecule has 0 radical (unpaired) electrons. The van der Waals surface area contributed by atoms with Gasteiger partial charge in [0.1, 0.15) is 54.6 Å². The zero-order valence-electron chi connectivity index (χ0n) is 31.4. The van der Waals surface area contributed by atoms with E-state index in [1.807, 2.05) is 0 Å². The molecule has 7 N–H and O–H groups in total. The summed E-state index contributed by atoms with van der Waals surface area (Å²) in [5.41, 5.74) is -0.453. The topological polar surface area (TPSA) is 214 Å². The number of Topliss-reactive ketones (excluding diaryl/α,β-unsaturated/α-hetero) is 1. The number of rotatable bonds is 6. The zero-order valence-corrected chi connectivity index (χ0v) is 31.4. The van der Waals surface area contributed by atoms with Gasteiger partial charge in [-0.05, 0) is 80.0 Å². The number of hydrogen-bond donors (Lipinski definition) is 7. The Morgan fingerprint density at radius 1 is 0.774 bits per heavy atom. The molecule has 53 heavy (non-hydrogen) atoms. The van der Waals surface area contributed by atoms with E-state index in [1.165, 1.54) is 0 Å². The molecule has 302 valence electrons. The summed E-state index contributed by atoms with van der Waals surface area (Å²) in [7, 11) is 0. The third kappa shape index (κ3) is 6.03. The van der Waals surface area contributed by atoms with Crippen molar-refractivity contribution < 1.29 is 69.0 Å². The lowest BCUT2D eigenvalue weighted by Gasteiger charge is -2.60. The molecule has 0 aromatic carbocycles. The lowest BCUT2D eigenvalue weighted by molar-refractivity contribution is -0.364. The Bertz CT molecular complexity index is 1340. The van der Waals surface area contributed by atoms with Gasteiger partial charge < -0.3 is 64.2 Å². The largest absolute Gasteiger partial charge is 0.394 e. The van der Waals surface area contributed by atoms with E-state index in [9.17, 15) is 40.5 Å². The van der Waals surface area contributed by atoms with Crippen LogP contribution in [0.4, 0.5) is 0 Å². The number of carbonyl (C=O) groups is 1. The highest BCUT2D eigenvalue weighted by Gasteiger charge is 2.72. The van der Waals surface area contributed by atoms with E-state index in [0.29, 0.717) is 48.9 Å². The van der Waals surface area contributed by atoms with Crippen molar-refractivity contribution in [2.45, 2.75) is 165 Å². The lowest BCUT2D eigenvalue weighted by atomic mass is 9.44. The number of ketones is 1. The van der Waals surface area contributed by atoms with Gasteiger partial charge >= 0.3 is 0 Å². The van der Waals surface area contributed by atoms with Crippen LogP contribution < -0.4 is 0 Å². The Morgan fingerprint density at radius 3 is 2.17 bits per heavy atom. The van der Waals surface area contributed by atoms with Crippen molar-refractivity contribution in [2.24, 2.45) is 52.3 Å². The summed E-state index contributed by atoms with van der Waals surface area (Å²) < 4.78 is 36.7. The molecule has 4 saturated heterocycles. The third-order valence-corrected chi connectivity index (χ3v) is 16.0. The number of ether oxygens (including phenoxy) is 6. The van der Waals surface area contributed by atoms with Crippen LogP contribution >= 0.6 is 0 Å². The first-order valence-electron chi connectivity index (χ1n) is 20.3. The molecule has 8 fully saturated rings. The van der Waals surface area contributed by atoms with Gasteiger partial charge in [0.2, 0.25) is 0 Å². The van der Waals surface area contributed by atoms with Gasteiger partial charge in [-0.3, -0.25) is 4.79 Å². The van der Waals surface area contributed by atoms with Crippen molar-refractivity contribution in [1.82, 2.24) is 0 Å². The van der Waals surface area contributed by atoms with Crippen molar-refractivity contribution >= 4 is 5.78 Å². The van der Waals surface area contributed by atoms with Crippen molar-refractivity contribution in [3.05, 3.63) is 0 Å². The minimum Gasteiger partial charge on any atom is -0.394 e. The first kappa shape index (κ1) is 39.0. The average molecular weight is 755 g/mol. The molecule has 0 unspecified atom stereocenters. The zero-order chi connectivity index (χ0) is 37.8. The second-order valence-electron chi connectivity index (χ2n) is 18.6. The minimum absolute atomic E-state index is 0.0443. The fourth-order valence-electron chi connectivity index (χ4n) is 12.9. The van der Waals surface area contributed by atoms with Gasteiger partial charge in [-0.2, -0.15) is 0 Å². The van der Waals surface area contributed by atoms with Crippen LogP contribution in [0.15, 0.2) is 0 Å². The quantitative estimate of drug-likeness (QED) is 0.185. The first-order valence-corrected chi connectivity index (χ1v) is 20.3. The molecule has 4 saturated carbocycles. The van der Waals surface area contributed by atoms with Crippen LogP contribution in [0, 0.1) is 52.3 Å². The highest BCUT2D eigenvalue weighted by atomic mass is 16.7. The highest BCUT2D eigenvalue weighted by molar-refractivity contribution is 5.87. The summed E-state index contributed by atoms with van der Waals surface area (Å²) in [6.07, 6.45) is -7.31. The molecule has 1 spiro atoms. The second-order valence-corrected chi connectivity index (χ2v) is 18.6. The summed E-state index contributed by atoms with van der Waals surface area (Å²) in [4.78, 5) is 14.5. The minimum atomic E-state index is -1.73. The van der Waals surface area contributed by atoms with Gasteiger partial charge in [0.05, 0.1) is 32.0 Å². The fourth-order valence-corrected chi connectivity index (χ4v) is 12.9. The predicted octanol–water partition coefficient (Wildman–Crippen LogP) is 0.621. The van der Waals surface area contributed by atoms with Gasteiger partial charge in [-0.15, -0.1) is 0 Å². The lowest BCUT2D eigenvalue weighted by Crippen LogP contribution is -2.65. The van der Waals surface area contributed by atoms with E-state index in [2.05, 4.69) is 27.7 Å². The number of aliphatic hydroxyl groups excluding tert-OH is 7. The smallest absolute Gasteiger partial charge is 0.187 e. The van der Waals surface area contributed by atoms with Crippen molar-refractivity contribution in [2.75, 3.05) is 19.8 Å². The molecule has 22 atom stereocenters. The van der Waals surface area contributed by atoms with E-state index >= 15 is 0 Å². The van der Waals surface area contributed by atoms with Crippen LogP contribution in [-0.4, -0.2) is 141 Å². The number of hydrogen-bond acceptors (Lipinski definition) is 14. The summed E-state index contributed by atoms with van der Waals surface area (Å²) >= 11 is 0. The van der Waals surface area contributed by atoms with E-state index in [0.717, 1.165) is 44.9 Å². The van der Waals surface area contributed by atoms with Gasteiger partial charge in [0.25, 0.3) is 0 Å². The normalized spacial score (nSPS) is 58.2. The van der Waals surface area contributed by atoms with E-state index in [1.54, 1.807) is 0 Å². The van der Waals surface area contributed by atoms with Crippen molar-refractivity contribution in [3.8, 4) is 0 Å². The molecule has 0 amide bonds. The van der Waals surface area contributed by atoms with Crippen molar-refractivity contribution in [1.29, 1.82) is 0 Å². The Balaban J connectivity index is 0.909. The Hall–Kier alpha value is -0.850. The van der Waals surface area contributed by atoms with Gasteiger partial charge in [-0.1, -0.05) is 27.7 Å². The SMILES string of the molecule is C[C@@H]1CC[C@@]2(OC1)O[C@H]1C[C@H]3[C@@H]4CC[C@@H]5C[C@@H](O[C@@H]6O[C@H](CO)[C@H](O[C@@H]7O[C@H](CO)[C@@H](O)[C@H](O)[C@H]7O)[C@H](O)[C@H]6O)CC[C@]5(C)[C@H]4CC(=O)[C@]3(C)[C@H]1[C@@H]2C. The molecular weight excluding hydrogens is 692 g/mol. The number of fused-ring (bicyclic) bond motifs is 7. The Morgan fingerprint density at radius 2 is 1.47 bits per heavy atom. The number of aliphatic hydroxyl groups is 7. The molecule has 4 aliphatic carbocycles. The fraction of sp³-hybridized carbons (Fsp3) is 0.974. The van der Waals surface area contributed by atoms with Crippen molar-refractivity contribution in [3.63, 3.8) is 0 Å². The Kier molecular flexibility index (Phi) is 10.5. The Labute approximate surface area is 311 Å². The molecule has 8 aliphatic rings. The maximum absolute atomic E-state index is 14.5. The van der Waals surface area contributed by atoms with Crippen LogP contribution in [0.1, 0.15) is 85.5 Å². The molecule has 8 rings (SSSR count). The molecule has 4 aliphatic heterocycles. The predicted molar refractivity (Wildman–Crippen MR) is 183 cm³/mol. The first-order chi connectivity index (χ1) is 25.2. The van der Waals surface area contributed by atoms with Crippen LogP contribution in [0.2, 0.25) is 0 Å². The van der Waals surface area contributed by atoms with Gasteiger partial charge in [0, 0.05) is 30.1 Å². The van der Waals surface area contributed by atoms with Crippen LogP contribution in [0.25, 0.3) is 0 Å². The summed E-state index contributed by atoms with van der Waals surface area (Å²) in [6.45, 7) is 8.51. The second kappa shape index (κ2) is 14.2. The molecule has 14 heteroatoms. The maximum Gasteiger partial charge on any atom is 0.187 e. The van der Waals surface area contributed by atoms with Crippen LogP contribution in [0.5, 0.6) is 0 Å². The average Bonchev–Trinajstić information content (AvgIpc) is 3.59. The standard InChI is InChI=1S/C39H62O14/c1-17-7-10-39(48-16-17)18(2)28-24(53-39)12-23-21-6-5-19-11-20(8-9-37(19,3)22(21)13-27(42)38(23,28)4)49-35-33(47)31(45)34(26(15-41)51-35)52-36-32(46)30(44)29(43)25(14-40)50-36/h17-26,28-36,40-41,43-47H,5-16H2,1-4H3/t17-,18+,19-,20+,21-,22+,23+,24+,25-,26-,28+,29-,30+,31-,32-,33-,34+,35-,36+,37+,38-,39-/m1/s1. The molecule has 0 bridgehead atoms. The highest BCUT2D eigenvalue weighted by Crippen LogP contribution is 2.70. The number of carbonyl (C=O) groups excluding carboxylic acids is 1. The maximum atomic E-state index is 14.5. The molecular formula is C39H62O14. The summed E-state index contributed by atoms with van der Waals surface area (Å²) in [6, 6.07) is 0. The van der Waals surface area contributed by atoms with E-state index in [-0.39, 0.29) is 35.4 Å². The third-order valence-electron chi connectivity index (χ3n) is 16.0. The van der Waals surface area contributed by atoms with Crippen LogP contribution in [0.3, 0.4) is 0 Å². The molecule has 0 aromatic rings. The van der Waals surface area contributed by atoms with Gasteiger partial charge in [0.15, 0.2) is 18.4 Å². The van der Waals surface area contributed by atoms with E-state index < -0.39 is 85.8 Å². The summed E-state index contributed by atoms with van der Waals surface area (Å²) in [5.74, 6) is 2.02. The molecule has 0 aromatic heterocycles. The van der Waals surface area contributed by atoms with E-state index in [4.69, 9.17) is 28.4 Å². The van der Waals surface area contributed by atoms with Crippen LogP contribution in [-0.2, 0) is 33.2 Å². The molecule has 14 nitrogen and oxygen atoms in total. The molecule has 4 heterocycles. The van der Waals surface area contributed by atoms with Gasteiger partial charge in [-0.25, -0.2) is 0 Å². The summed E-state index contributed by atoms with van der Waals surface area (Å²) in [5, 5.41) is 72.8.